The average molecular weight is 536 g/mol. The van der Waals surface area contributed by atoms with E-state index in [1.54, 1.807) is 28.2 Å². The second-order valence-electron chi connectivity index (χ2n) is 7.01. The van der Waals surface area contributed by atoms with Crippen LogP contribution in [0.2, 0.25) is 0 Å². The maximum atomic E-state index is 11.7. The second kappa shape index (κ2) is 15.9. The highest BCUT2D eigenvalue weighted by atomic mass is 127. The van der Waals surface area contributed by atoms with Gasteiger partial charge in [-0.05, 0) is 43.4 Å². The zero-order valence-electron chi connectivity index (χ0n) is 18.9. The van der Waals surface area contributed by atoms with Crippen molar-refractivity contribution in [2.75, 3.05) is 41.0 Å². The van der Waals surface area contributed by atoms with Crippen molar-refractivity contribution in [1.82, 2.24) is 16.0 Å². The van der Waals surface area contributed by atoms with Crippen molar-refractivity contribution in [1.29, 1.82) is 0 Å². The molecule has 8 nitrogen and oxygen atoms in total. The number of carbonyl (C=O) groups excluding carboxylic acids is 1. The average Bonchev–Trinajstić information content (AvgIpc) is 2.69. The number of guanidine groups is 1. The number of benzene rings is 1. The van der Waals surface area contributed by atoms with Crippen LogP contribution >= 0.6 is 24.0 Å². The van der Waals surface area contributed by atoms with Gasteiger partial charge < -0.3 is 30.2 Å². The van der Waals surface area contributed by atoms with E-state index in [2.05, 4.69) is 34.8 Å². The summed E-state index contributed by atoms with van der Waals surface area (Å²) in [5, 5.41) is 9.47. The lowest BCUT2D eigenvalue weighted by molar-refractivity contribution is 0.146. The van der Waals surface area contributed by atoms with Crippen LogP contribution in [0.5, 0.6) is 11.5 Å². The number of hydrogen-bond donors (Lipinski definition) is 3. The van der Waals surface area contributed by atoms with E-state index in [0.717, 1.165) is 18.4 Å². The fraction of sp³-hybridized carbons (Fsp3) is 0.619. The maximum Gasteiger partial charge on any atom is 0.407 e. The first-order valence-corrected chi connectivity index (χ1v) is 10.0. The molecule has 0 saturated carbocycles. The van der Waals surface area contributed by atoms with Gasteiger partial charge in [-0.25, -0.2) is 4.79 Å². The Labute approximate surface area is 197 Å². The van der Waals surface area contributed by atoms with E-state index in [4.69, 9.17) is 14.2 Å². The lowest BCUT2D eigenvalue weighted by atomic mass is 10.0. The van der Waals surface area contributed by atoms with Gasteiger partial charge in [-0.3, -0.25) is 4.99 Å². The van der Waals surface area contributed by atoms with Crippen molar-refractivity contribution >= 4 is 36.0 Å². The van der Waals surface area contributed by atoms with E-state index >= 15 is 0 Å². The summed E-state index contributed by atoms with van der Waals surface area (Å²) in [6, 6.07) is 5.84. The van der Waals surface area contributed by atoms with Gasteiger partial charge in [0.05, 0.1) is 20.8 Å². The van der Waals surface area contributed by atoms with Crippen LogP contribution in [0.4, 0.5) is 4.79 Å². The van der Waals surface area contributed by atoms with Gasteiger partial charge in [0.25, 0.3) is 0 Å². The molecule has 0 spiro atoms. The summed E-state index contributed by atoms with van der Waals surface area (Å²) in [7, 11) is 4.98. The van der Waals surface area contributed by atoms with Gasteiger partial charge >= 0.3 is 6.09 Å². The third kappa shape index (κ3) is 10.7. The number of hydrogen-bond acceptors (Lipinski definition) is 5. The standard InChI is InChI=1S/C21H36N4O4.HI/c1-7-29-21(26)25-17(12-15(2)3)14-24-20(22-4)23-11-10-16-8-9-18(27-5)19(13-16)28-6;/h8-9,13,15,17H,7,10-12,14H2,1-6H3,(H,25,26)(H2,22,23,24);1H. The normalized spacial score (nSPS) is 11.9. The lowest BCUT2D eigenvalue weighted by Crippen LogP contribution is -2.48. The number of methoxy groups -OCH3 is 2. The number of ether oxygens (including phenoxy) is 3. The van der Waals surface area contributed by atoms with Crippen molar-refractivity contribution in [2.24, 2.45) is 10.9 Å². The Morgan fingerprint density at radius 3 is 2.40 bits per heavy atom. The van der Waals surface area contributed by atoms with Gasteiger partial charge in [-0.2, -0.15) is 0 Å². The predicted octanol–water partition coefficient (Wildman–Crippen LogP) is 3.19. The zero-order chi connectivity index (χ0) is 21.6. The number of nitrogens with zero attached hydrogens (tertiary/aromatic N) is 1. The monoisotopic (exact) mass is 536 g/mol. The van der Waals surface area contributed by atoms with Crippen molar-refractivity contribution in [3.63, 3.8) is 0 Å². The van der Waals surface area contributed by atoms with Gasteiger partial charge in [0.15, 0.2) is 17.5 Å². The summed E-state index contributed by atoms with van der Waals surface area (Å²) in [5.41, 5.74) is 1.13. The first-order chi connectivity index (χ1) is 13.9. The molecule has 0 fully saturated rings. The molecule has 9 heteroatoms. The molecule has 0 aliphatic carbocycles. The Kier molecular flexibility index (Phi) is 14.9. The molecule has 0 aliphatic heterocycles. The van der Waals surface area contributed by atoms with Gasteiger partial charge in [0.1, 0.15) is 0 Å². The minimum atomic E-state index is -0.392. The molecule has 172 valence electrons. The van der Waals surface area contributed by atoms with Crippen LogP contribution in [0, 0.1) is 5.92 Å². The molecule has 1 rings (SSSR count). The quantitative estimate of drug-likeness (QED) is 0.229. The molecule has 1 aromatic rings. The van der Waals surface area contributed by atoms with Gasteiger partial charge in [-0.15, -0.1) is 24.0 Å². The number of nitrogens with one attached hydrogen (secondary N) is 3. The van der Waals surface area contributed by atoms with E-state index in [9.17, 15) is 4.79 Å². The van der Waals surface area contributed by atoms with Crippen molar-refractivity contribution < 1.29 is 19.0 Å². The predicted molar refractivity (Wildman–Crippen MR) is 131 cm³/mol. The molecule has 1 aromatic carbocycles. The van der Waals surface area contributed by atoms with Crippen LogP contribution in [0.3, 0.4) is 0 Å². The van der Waals surface area contributed by atoms with Crippen LogP contribution in [0.15, 0.2) is 23.2 Å². The van der Waals surface area contributed by atoms with E-state index < -0.39 is 6.09 Å². The number of amides is 1. The van der Waals surface area contributed by atoms with E-state index in [-0.39, 0.29) is 30.0 Å². The smallest absolute Gasteiger partial charge is 0.407 e. The molecule has 1 atom stereocenters. The lowest BCUT2D eigenvalue weighted by Gasteiger charge is -2.22. The van der Waals surface area contributed by atoms with Crippen LogP contribution in [0.1, 0.15) is 32.8 Å². The summed E-state index contributed by atoms with van der Waals surface area (Å²) < 4.78 is 15.6. The van der Waals surface area contributed by atoms with Crippen LogP contribution in [-0.4, -0.2) is 59.1 Å². The molecule has 0 bridgehead atoms. The van der Waals surface area contributed by atoms with E-state index in [1.165, 1.54) is 0 Å². The van der Waals surface area contributed by atoms with E-state index in [0.29, 0.717) is 43.1 Å². The summed E-state index contributed by atoms with van der Waals surface area (Å²) in [4.78, 5) is 16.0. The number of carbonyl (C=O) groups is 1. The molecular formula is C21H37IN4O4. The molecule has 0 radical (unpaired) electrons. The van der Waals surface area contributed by atoms with Crippen LogP contribution < -0.4 is 25.4 Å². The Balaban J connectivity index is 0.00000841. The second-order valence-corrected chi connectivity index (χ2v) is 7.01. The topological polar surface area (TPSA) is 93.2 Å². The molecular weight excluding hydrogens is 499 g/mol. The minimum Gasteiger partial charge on any atom is -0.493 e. The Morgan fingerprint density at radius 1 is 1.13 bits per heavy atom. The summed E-state index contributed by atoms with van der Waals surface area (Å²) in [6.07, 6.45) is 1.25. The molecule has 0 aromatic heterocycles. The number of rotatable bonds is 11. The first kappa shape index (κ1) is 28.1. The SMILES string of the molecule is CCOC(=O)NC(CNC(=NC)NCCc1ccc(OC)c(OC)c1)CC(C)C.I. The minimum absolute atomic E-state index is 0. The molecule has 3 N–H and O–H groups in total. The fourth-order valence-corrected chi connectivity index (χ4v) is 2.90. The Morgan fingerprint density at radius 2 is 1.83 bits per heavy atom. The third-order valence-electron chi connectivity index (χ3n) is 4.25. The number of alkyl carbamates (subject to hydrolysis) is 1. The molecule has 1 unspecified atom stereocenters. The van der Waals surface area contributed by atoms with Gasteiger partial charge in [0.2, 0.25) is 0 Å². The van der Waals surface area contributed by atoms with Crippen LogP contribution in [0.25, 0.3) is 0 Å². The Bertz CT molecular complexity index is 656. The van der Waals surface area contributed by atoms with Crippen molar-refractivity contribution in [3.8, 4) is 11.5 Å². The number of halogens is 1. The highest BCUT2D eigenvalue weighted by molar-refractivity contribution is 14.0. The molecule has 1 amide bonds. The highest BCUT2D eigenvalue weighted by Crippen LogP contribution is 2.27. The van der Waals surface area contributed by atoms with E-state index in [1.807, 2.05) is 18.2 Å². The molecule has 30 heavy (non-hydrogen) atoms. The third-order valence-corrected chi connectivity index (χ3v) is 4.25. The van der Waals surface area contributed by atoms with Gasteiger partial charge in [-0.1, -0.05) is 19.9 Å². The zero-order valence-corrected chi connectivity index (χ0v) is 21.2. The Hall–Kier alpha value is -1.91. The summed E-state index contributed by atoms with van der Waals surface area (Å²) >= 11 is 0. The number of aliphatic imine (C=N–C) groups is 1. The van der Waals surface area contributed by atoms with Crippen molar-refractivity contribution in [3.05, 3.63) is 23.8 Å². The first-order valence-electron chi connectivity index (χ1n) is 10.0. The largest absolute Gasteiger partial charge is 0.493 e. The van der Waals surface area contributed by atoms with Crippen molar-refractivity contribution in [2.45, 2.75) is 39.7 Å². The van der Waals surface area contributed by atoms with Crippen LogP contribution in [-0.2, 0) is 11.2 Å². The summed E-state index contributed by atoms with van der Waals surface area (Å²) in [6.45, 7) is 7.65. The fourth-order valence-electron chi connectivity index (χ4n) is 2.90. The maximum absolute atomic E-state index is 11.7. The highest BCUT2D eigenvalue weighted by Gasteiger charge is 2.15. The molecule has 0 saturated heterocycles. The van der Waals surface area contributed by atoms with Gasteiger partial charge in [0, 0.05) is 26.2 Å². The summed E-state index contributed by atoms with van der Waals surface area (Å²) in [5.74, 6) is 2.56. The molecule has 0 heterocycles. The molecule has 0 aliphatic rings.